The SMILES string of the molecule is CC(C)N(CCS(=O)(=O)N1CCNCC1)C(=O)c1ccc(Br)cc1. The highest BCUT2D eigenvalue weighted by Crippen LogP contribution is 2.14. The summed E-state index contributed by atoms with van der Waals surface area (Å²) in [6.45, 7) is 6.31. The molecule has 134 valence electrons. The number of carbonyl (C=O) groups excluding carboxylic acids is 1. The van der Waals surface area contributed by atoms with Crippen LogP contribution in [0.15, 0.2) is 28.7 Å². The van der Waals surface area contributed by atoms with Gasteiger partial charge >= 0.3 is 0 Å². The van der Waals surface area contributed by atoms with Crippen molar-refractivity contribution in [3.63, 3.8) is 0 Å². The van der Waals surface area contributed by atoms with Crippen LogP contribution in [0.2, 0.25) is 0 Å². The van der Waals surface area contributed by atoms with Crippen molar-refractivity contribution >= 4 is 31.9 Å². The van der Waals surface area contributed by atoms with E-state index in [2.05, 4.69) is 21.2 Å². The fourth-order valence-electron chi connectivity index (χ4n) is 2.62. The Morgan fingerprint density at radius 1 is 1.25 bits per heavy atom. The maximum Gasteiger partial charge on any atom is 0.254 e. The fraction of sp³-hybridized carbons (Fsp3) is 0.562. The second-order valence-corrected chi connectivity index (χ2v) is 9.07. The third kappa shape index (κ3) is 5.02. The normalized spacial score (nSPS) is 16.3. The molecule has 2 rings (SSSR count). The van der Waals surface area contributed by atoms with Gasteiger partial charge in [0, 0.05) is 48.8 Å². The summed E-state index contributed by atoms with van der Waals surface area (Å²) in [6, 6.07) is 7.03. The van der Waals surface area contributed by atoms with Gasteiger partial charge < -0.3 is 10.2 Å². The van der Waals surface area contributed by atoms with Crippen LogP contribution in [-0.2, 0) is 10.0 Å². The molecule has 0 aromatic heterocycles. The molecule has 0 saturated carbocycles. The quantitative estimate of drug-likeness (QED) is 0.761. The molecule has 1 aromatic carbocycles. The molecule has 1 saturated heterocycles. The zero-order valence-electron chi connectivity index (χ0n) is 14.0. The molecular formula is C16H24BrN3O3S. The van der Waals surface area contributed by atoms with Gasteiger partial charge in [-0.2, -0.15) is 4.31 Å². The Balaban J connectivity index is 2.05. The summed E-state index contributed by atoms with van der Waals surface area (Å²) in [7, 11) is -3.34. The van der Waals surface area contributed by atoms with Gasteiger partial charge in [-0.25, -0.2) is 8.42 Å². The van der Waals surface area contributed by atoms with Crippen molar-refractivity contribution in [3.8, 4) is 0 Å². The maximum absolute atomic E-state index is 12.7. The second kappa shape index (κ2) is 8.42. The third-order valence-corrected chi connectivity index (χ3v) is 6.41. The minimum Gasteiger partial charge on any atom is -0.335 e. The topological polar surface area (TPSA) is 69.7 Å². The lowest BCUT2D eigenvalue weighted by Gasteiger charge is -2.30. The summed E-state index contributed by atoms with van der Waals surface area (Å²) >= 11 is 3.35. The van der Waals surface area contributed by atoms with Crippen LogP contribution in [0.3, 0.4) is 0 Å². The smallest absolute Gasteiger partial charge is 0.254 e. The van der Waals surface area contributed by atoms with Crippen LogP contribution >= 0.6 is 15.9 Å². The standard InChI is InChI=1S/C16H24BrN3O3S/c1-13(2)20(16(21)14-3-5-15(17)6-4-14)11-12-24(22,23)19-9-7-18-8-10-19/h3-6,13,18H,7-12H2,1-2H3. The number of rotatable bonds is 6. The Morgan fingerprint density at radius 3 is 2.38 bits per heavy atom. The summed E-state index contributed by atoms with van der Waals surface area (Å²) in [5, 5.41) is 3.14. The van der Waals surface area contributed by atoms with Gasteiger partial charge in [0.15, 0.2) is 0 Å². The Hall–Kier alpha value is -0.960. The van der Waals surface area contributed by atoms with Gasteiger partial charge in [0.05, 0.1) is 5.75 Å². The lowest BCUT2D eigenvalue weighted by molar-refractivity contribution is 0.0718. The van der Waals surface area contributed by atoms with Gasteiger partial charge in [-0.05, 0) is 38.1 Å². The first-order chi connectivity index (χ1) is 11.3. The van der Waals surface area contributed by atoms with Gasteiger partial charge in [0.1, 0.15) is 0 Å². The van der Waals surface area contributed by atoms with E-state index in [4.69, 9.17) is 0 Å². The summed E-state index contributed by atoms with van der Waals surface area (Å²) in [5.74, 6) is -0.194. The summed E-state index contributed by atoms with van der Waals surface area (Å²) < 4.78 is 27.3. The number of nitrogens with one attached hydrogen (secondary N) is 1. The molecule has 0 aliphatic carbocycles. The van der Waals surface area contributed by atoms with Gasteiger partial charge in [-0.3, -0.25) is 4.79 Å². The Labute approximate surface area is 152 Å². The average Bonchev–Trinajstić information content (AvgIpc) is 2.56. The van der Waals surface area contributed by atoms with Crippen LogP contribution < -0.4 is 5.32 Å². The van der Waals surface area contributed by atoms with Crippen molar-refractivity contribution in [2.24, 2.45) is 0 Å². The molecule has 8 heteroatoms. The summed E-state index contributed by atoms with van der Waals surface area (Å²) in [4.78, 5) is 14.3. The summed E-state index contributed by atoms with van der Waals surface area (Å²) in [6.07, 6.45) is 0. The van der Waals surface area contributed by atoms with E-state index in [1.54, 1.807) is 17.0 Å². The fourth-order valence-corrected chi connectivity index (χ4v) is 4.31. The van der Waals surface area contributed by atoms with E-state index < -0.39 is 10.0 Å². The number of halogens is 1. The van der Waals surface area contributed by atoms with Crippen molar-refractivity contribution < 1.29 is 13.2 Å². The van der Waals surface area contributed by atoms with Crippen molar-refractivity contribution in [3.05, 3.63) is 34.3 Å². The maximum atomic E-state index is 12.7. The van der Waals surface area contributed by atoms with Crippen LogP contribution in [0.1, 0.15) is 24.2 Å². The molecule has 1 aliphatic heterocycles. The predicted octanol–water partition coefficient (Wildman–Crippen LogP) is 1.53. The van der Waals surface area contributed by atoms with E-state index in [-0.39, 0.29) is 24.2 Å². The molecule has 1 fully saturated rings. The number of amides is 1. The number of carbonyl (C=O) groups is 1. The van der Waals surface area contributed by atoms with Crippen LogP contribution in [0.5, 0.6) is 0 Å². The molecule has 0 radical (unpaired) electrons. The van der Waals surface area contributed by atoms with Crippen molar-refractivity contribution in [1.29, 1.82) is 0 Å². The Bertz CT molecular complexity index is 656. The summed E-state index contributed by atoms with van der Waals surface area (Å²) in [5.41, 5.74) is 0.562. The molecule has 0 bridgehead atoms. The zero-order chi connectivity index (χ0) is 17.7. The third-order valence-electron chi connectivity index (χ3n) is 4.03. The highest BCUT2D eigenvalue weighted by atomic mass is 79.9. The van der Waals surface area contributed by atoms with Crippen LogP contribution in [0.4, 0.5) is 0 Å². The van der Waals surface area contributed by atoms with Gasteiger partial charge in [0.2, 0.25) is 10.0 Å². The number of hydrogen-bond donors (Lipinski definition) is 1. The Morgan fingerprint density at radius 2 is 1.83 bits per heavy atom. The first-order valence-electron chi connectivity index (χ1n) is 8.06. The van der Waals surface area contributed by atoms with Gasteiger partial charge in [-0.1, -0.05) is 15.9 Å². The average molecular weight is 418 g/mol. The molecule has 0 unspecified atom stereocenters. The van der Waals surface area contributed by atoms with E-state index in [1.807, 2.05) is 26.0 Å². The molecule has 1 aromatic rings. The predicted molar refractivity (Wildman–Crippen MR) is 98.5 cm³/mol. The van der Waals surface area contributed by atoms with Crippen LogP contribution in [0, 0.1) is 0 Å². The molecule has 24 heavy (non-hydrogen) atoms. The number of sulfonamides is 1. The van der Waals surface area contributed by atoms with E-state index >= 15 is 0 Å². The molecular weight excluding hydrogens is 394 g/mol. The van der Waals surface area contributed by atoms with E-state index in [9.17, 15) is 13.2 Å². The molecule has 1 heterocycles. The van der Waals surface area contributed by atoms with Crippen molar-refractivity contribution in [1.82, 2.24) is 14.5 Å². The van der Waals surface area contributed by atoms with Crippen molar-refractivity contribution in [2.75, 3.05) is 38.5 Å². The highest BCUT2D eigenvalue weighted by molar-refractivity contribution is 9.10. The first-order valence-corrected chi connectivity index (χ1v) is 10.5. The van der Waals surface area contributed by atoms with Crippen LogP contribution in [-0.4, -0.2) is 68.0 Å². The van der Waals surface area contributed by atoms with Crippen molar-refractivity contribution in [2.45, 2.75) is 19.9 Å². The lowest BCUT2D eigenvalue weighted by Crippen LogP contribution is -2.49. The molecule has 1 N–H and O–H groups in total. The largest absolute Gasteiger partial charge is 0.335 e. The van der Waals surface area contributed by atoms with E-state index in [0.29, 0.717) is 31.7 Å². The van der Waals surface area contributed by atoms with E-state index in [1.165, 1.54) is 4.31 Å². The molecule has 0 spiro atoms. The molecule has 1 aliphatic rings. The first kappa shape index (κ1) is 19.4. The number of benzene rings is 1. The monoisotopic (exact) mass is 417 g/mol. The molecule has 6 nitrogen and oxygen atoms in total. The van der Waals surface area contributed by atoms with Gasteiger partial charge in [0.25, 0.3) is 5.91 Å². The molecule has 0 atom stereocenters. The lowest BCUT2D eigenvalue weighted by atomic mass is 10.2. The number of nitrogens with zero attached hydrogens (tertiary/aromatic N) is 2. The second-order valence-electron chi connectivity index (χ2n) is 6.06. The minimum atomic E-state index is -3.34. The number of hydrogen-bond acceptors (Lipinski definition) is 4. The molecule has 1 amide bonds. The van der Waals surface area contributed by atoms with Crippen LogP contribution in [0.25, 0.3) is 0 Å². The minimum absolute atomic E-state index is 0.0482. The Kier molecular flexibility index (Phi) is 6.79. The highest BCUT2D eigenvalue weighted by Gasteiger charge is 2.26. The van der Waals surface area contributed by atoms with Gasteiger partial charge in [-0.15, -0.1) is 0 Å². The zero-order valence-corrected chi connectivity index (χ0v) is 16.4. The van der Waals surface area contributed by atoms with E-state index in [0.717, 1.165) is 4.47 Å². The number of piperazine rings is 1.